The lowest BCUT2D eigenvalue weighted by atomic mass is 9.69. The number of ketones is 2. The first kappa shape index (κ1) is 15.1. The molecule has 0 aromatic carbocycles. The van der Waals surface area contributed by atoms with Gasteiger partial charge in [0, 0.05) is 30.1 Å². The summed E-state index contributed by atoms with van der Waals surface area (Å²) in [5.41, 5.74) is 0. The topological polar surface area (TPSA) is 60.4 Å². The van der Waals surface area contributed by atoms with E-state index in [4.69, 9.17) is 4.74 Å². The second-order valence-electron chi connectivity index (χ2n) is 7.66. The minimum absolute atomic E-state index is 0.00629. The van der Waals surface area contributed by atoms with Gasteiger partial charge in [0.25, 0.3) is 0 Å². The molecule has 0 heterocycles. The van der Waals surface area contributed by atoms with E-state index in [0.29, 0.717) is 24.6 Å². The molecule has 0 radical (unpaired) electrons. The average Bonchev–Trinajstić information content (AvgIpc) is 3.21. The van der Waals surface area contributed by atoms with Gasteiger partial charge < -0.3 is 4.74 Å². The van der Waals surface area contributed by atoms with Crippen LogP contribution >= 0.6 is 0 Å². The zero-order valence-electron chi connectivity index (χ0n) is 13.6. The summed E-state index contributed by atoms with van der Waals surface area (Å²) in [6, 6.07) is 0. The van der Waals surface area contributed by atoms with Gasteiger partial charge in [0.1, 0.15) is 11.6 Å². The fourth-order valence-electron chi connectivity index (χ4n) is 5.69. The average molecular weight is 316 g/mol. The molecule has 3 saturated carbocycles. The second-order valence-corrected chi connectivity index (χ2v) is 7.66. The maximum atomic E-state index is 12.6. The first-order valence-corrected chi connectivity index (χ1v) is 9.05. The monoisotopic (exact) mass is 316 g/mol. The van der Waals surface area contributed by atoms with Crippen LogP contribution in [0.25, 0.3) is 0 Å². The Hall–Kier alpha value is -1.45. The van der Waals surface area contributed by atoms with Crippen molar-refractivity contribution in [3.63, 3.8) is 0 Å². The number of fused-ring (bicyclic) bond motifs is 9. The van der Waals surface area contributed by atoms with Crippen LogP contribution < -0.4 is 0 Å². The second kappa shape index (κ2) is 5.57. The van der Waals surface area contributed by atoms with Crippen molar-refractivity contribution in [1.29, 1.82) is 0 Å². The van der Waals surface area contributed by atoms with Crippen LogP contribution in [0, 0.1) is 41.4 Å². The highest BCUT2D eigenvalue weighted by atomic mass is 16.5. The molecule has 4 aliphatic rings. The summed E-state index contributed by atoms with van der Waals surface area (Å²) in [4.78, 5) is 36.9. The fourth-order valence-corrected chi connectivity index (χ4v) is 5.69. The zero-order chi connectivity index (χ0) is 16.1. The molecule has 0 spiro atoms. The Morgan fingerprint density at radius 2 is 1.87 bits per heavy atom. The summed E-state index contributed by atoms with van der Waals surface area (Å²) in [5, 5.41) is 0. The van der Waals surface area contributed by atoms with Gasteiger partial charge >= 0.3 is 5.97 Å². The number of carbonyl (C=O) groups excluding carboxylic acids is 3. The zero-order valence-corrected chi connectivity index (χ0v) is 13.6. The molecule has 4 bridgehead atoms. The van der Waals surface area contributed by atoms with Gasteiger partial charge in [0.15, 0.2) is 0 Å². The van der Waals surface area contributed by atoms with Crippen LogP contribution in [0.15, 0.2) is 12.2 Å². The van der Waals surface area contributed by atoms with Gasteiger partial charge in [-0.2, -0.15) is 0 Å². The first-order valence-electron chi connectivity index (χ1n) is 9.05. The summed E-state index contributed by atoms with van der Waals surface area (Å²) in [5.74, 6) is 0.775. The van der Waals surface area contributed by atoms with Crippen LogP contribution in [0.3, 0.4) is 0 Å². The maximum absolute atomic E-state index is 12.6. The number of hydrogen-bond donors (Lipinski definition) is 0. The predicted molar refractivity (Wildman–Crippen MR) is 83.3 cm³/mol. The molecule has 4 nitrogen and oxygen atoms in total. The van der Waals surface area contributed by atoms with Crippen molar-refractivity contribution in [2.24, 2.45) is 41.4 Å². The van der Waals surface area contributed by atoms with E-state index in [0.717, 1.165) is 25.7 Å². The molecule has 0 aromatic heterocycles. The molecule has 0 saturated heterocycles. The highest BCUT2D eigenvalue weighted by Gasteiger charge is 2.68. The van der Waals surface area contributed by atoms with Crippen molar-refractivity contribution in [1.82, 2.24) is 0 Å². The first-order chi connectivity index (χ1) is 11.1. The third-order valence-electron chi connectivity index (χ3n) is 6.53. The van der Waals surface area contributed by atoms with Crippen LogP contribution in [0.4, 0.5) is 0 Å². The summed E-state index contributed by atoms with van der Waals surface area (Å²) in [6.45, 7) is 2.60. The molecule has 7 atom stereocenters. The van der Waals surface area contributed by atoms with Crippen LogP contribution in [-0.4, -0.2) is 24.1 Å². The summed E-state index contributed by atoms with van der Waals surface area (Å²) in [6.07, 6.45) is 8.22. The molecule has 23 heavy (non-hydrogen) atoms. The van der Waals surface area contributed by atoms with Crippen LogP contribution in [0.1, 0.15) is 39.0 Å². The van der Waals surface area contributed by atoms with Crippen molar-refractivity contribution in [2.75, 3.05) is 6.61 Å². The summed E-state index contributed by atoms with van der Waals surface area (Å²) in [7, 11) is 0. The minimum atomic E-state index is -0.173. The highest BCUT2D eigenvalue weighted by molar-refractivity contribution is 5.99. The summed E-state index contributed by atoms with van der Waals surface area (Å²) < 4.78 is 5.31. The predicted octanol–water partition coefficient (Wildman–Crippen LogP) is 2.56. The SMILES string of the molecule is CCCCCOC(=O)CC1CC2C(=O)C1C1C3C=CC(C3=O)C21. The van der Waals surface area contributed by atoms with Gasteiger partial charge in [0.05, 0.1) is 6.61 Å². The maximum Gasteiger partial charge on any atom is 0.306 e. The lowest BCUT2D eigenvalue weighted by Crippen LogP contribution is -2.32. The number of ether oxygens (including phenoxy) is 1. The molecule has 4 aliphatic carbocycles. The number of unbranched alkanes of at least 4 members (excludes halogenated alkanes) is 2. The number of allylic oxidation sites excluding steroid dienone is 2. The molecule has 4 rings (SSSR count). The van der Waals surface area contributed by atoms with Crippen molar-refractivity contribution < 1.29 is 19.1 Å². The van der Waals surface area contributed by atoms with Crippen molar-refractivity contribution in [3.05, 3.63) is 12.2 Å². The third kappa shape index (κ3) is 2.14. The third-order valence-corrected chi connectivity index (χ3v) is 6.53. The molecule has 124 valence electrons. The smallest absolute Gasteiger partial charge is 0.306 e. The Morgan fingerprint density at radius 1 is 1.13 bits per heavy atom. The number of esters is 1. The lowest BCUT2D eigenvalue weighted by Gasteiger charge is -2.33. The van der Waals surface area contributed by atoms with E-state index in [1.54, 1.807) is 0 Å². The normalized spacial score (nSPS) is 42.6. The van der Waals surface area contributed by atoms with Crippen molar-refractivity contribution >= 4 is 17.5 Å². The highest BCUT2D eigenvalue weighted by Crippen LogP contribution is 2.64. The molecule has 3 fully saturated rings. The molecule has 0 N–H and O–H groups in total. The van der Waals surface area contributed by atoms with Crippen LogP contribution in [0.5, 0.6) is 0 Å². The minimum Gasteiger partial charge on any atom is -0.466 e. The molecule has 4 heteroatoms. The largest absolute Gasteiger partial charge is 0.466 e. The van der Waals surface area contributed by atoms with Gasteiger partial charge in [0.2, 0.25) is 0 Å². The Labute approximate surface area is 136 Å². The van der Waals surface area contributed by atoms with E-state index >= 15 is 0 Å². The Morgan fingerprint density at radius 3 is 2.61 bits per heavy atom. The van der Waals surface area contributed by atoms with E-state index in [9.17, 15) is 14.4 Å². The van der Waals surface area contributed by atoms with E-state index in [2.05, 4.69) is 6.92 Å². The Bertz CT molecular complexity index is 578. The number of carbonyl (C=O) groups is 3. The standard InChI is InChI=1S/C19H24O4/c1-2-3-4-7-23-14(20)9-10-8-13-16-11-5-6-12(18(11)21)17(16)15(10)19(13)22/h5-6,10-13,15-17H,2-4,7-9H2,1H3. The van der Waals surface area contributed by atoms with Crippen molar-refractivity contribution in [3.8, 4) is 0 Å². The summed E-state index contributed by atoms with van der Waals surface area (Å²) >= 11 is 0. The van der Waals surface area contributed by atoms with Crippen molar-refractivity contribution in [2.45, 2.75) is 39.0 Å². The van der Waals surface area contributed by atoms with Crippen LogP contribution in [-0.2, 0) is 19.1 Å². The quantitative estimate of drug-likeness (QED) is 0.327. The number of Topliss-reactive ketones (excluding diaryl/α,β-unsaturated/α-hetero) is 2. The van der Waals surface area contributed by atoms with E-state index in [1.807, 2.05) is 12.2 Å². The van der Waals surface area contributed by atoms with E-state index < -0.39 is 0 Å². The Kier molecular flexibility index (Phi) is 3.66. The van der Waals surface area contributed by atoms with Gasteiger partial charge in [-0.3, -0.25) is 14.4 Å². The molecule has 0 aromatic rings. The van der Waals surface area contributed by atoms with E-state index in [-0.39, 0.29) is 47.4 Å². The molecular weight excluding hydrogens is 292 g/mol. The number of rotatable bonds is 6. The Balaban J connectivity index is 1.40. The molecule has 7 unspecified atom stereocenters. The van der Waals surface area contributed by atoms with Gasteiger partial charge in [-0.05, 0) is 30.6 Å². The number of hydrogen-bond acceptors (Lipinski definition) is 4. The van der Waals surface area contributed by atoms with E-state index in [1.165, 1.54) is 0 Å². The molecule has 0 aliphatic heterocycles. The fraction of sp³-hybridized carbons (Fsp3) is 0.737. The van der Waals surface area contributed by atoms with Gasteiger partial charge in [-0.25, -0.2) is 0 Å². The van der Waals surface area contributed by atoms with Crippen LogP contribution in [0.2, 0.25) is 0 Å². The molecule has 0 amide bonds. The lowest BCUT2D eigenvalue weighted by molar-refractivity contribution is -0.145. The van der Waals surface area contributed by atoms with Gasteiger partial charge in [-0.15, -0.1) is 0 Å². The molecular formula is C19H24O4. The van der Waals surface area contributed by atoms with Gasteiger partial charge in [-0.1, -0.05) is 31.9 Å².